The summed E-state index contributed by atoms with van der Waals surface area (Å²) in [6, 6.07) is 9.61. The number of para-hydroxylation sites is 1. The van der Waals surface area contributed by atoms with E-state index < -0.39 is 6.04 Å². The highest BCUT2D eigenvalue weighted by molar-refractivity contribution is 7.07. The molecule has 1 aromatic carbocycles. The Hall–Kier alpha value is -2.55. The Bertz CT molecular complexity index is 1010. The van der Waals surface area contributed by atoms with Crippen molar-refractivity contribution in [3.05, 3.63) is 52.5 Å². The molecule has 0 aliphatic carbocycles. The lowest BCUT2D eigenvalue weighted by atomic mass is 10.0. The van der Waals surface area contributed by atoms with Gasteiger partial charge in [0.15, 0.2) is 0 Å². The fourth-order valence-corrected chi connectivity index (χ4v) is 4.63. The molecule has 164 valence electrons. The first kappa shape index (κ1) is 21.7. The minimum Gasteiger partial charge on any atom is -0.368 e. The number of nitrogens with one attached hydrogen (secondary N) is 1. The summed E-state index contributed by atoms with van der Waals surface area (Å²) in [4.78, 5) is 26.4. The number of anilines is 1. The SMILES string of the molecule is CC(C)[C@H](Nc1nc(CN2CCN(Cc3ccsc3)CC2)nc2ccccc12)C(N)=O. The molecule has 3 aromatic rings. The number of nitrogens with zero attached hydrogens (tertiary/aromatic N) is 4. The number of nitrogens with two attached hydrogens (primary N) is 1. The number of carbonyl (C=O) groups is 1. The number of amides is 1. The van der Waals surface area contributed by atoms with E-state index in [0.29, 0.717) is 12.4 Å². The van der Waals surface area contributed by atoms with Gasteiger partial charge in [0, 0.05) is 38.1 Å². The summed E-state index contributed by atoms with van der Waals surface area (Å²) in [5.41, 5.74) is 7.88. The number of hydrogen-bond acceptors (Lipinski definition) is 7. The van der Waals surface area contributed by atoms with E-state index in [1.165, 1.54) is 5.56 Å². The van der Waals surface area contributed by atoms with Crippen molar-refractivity contribution in [1.82, 2.24) is 19.8 Å². The van der Waals surface area contributed by atoms with Crippen molar-refractivity contribution >= 4 is 34.0 Å². The summed E-state index contributed by atoms with van der Waals surface area (Å²) in [5.74, 6) is 1.13. The lowest BCUT2D eigenvalue weighted by molar-refractivity contribution is -0.119. The summed E-state index contributed by atoms with van der Waals surface area (Å²) in [7, 11) is 0. The number of thiophene rings is 1. The fraction of sp³-hybridized carbons (Fsp3) is 0.435. The highest BCUT2D eigenvalue weighted by atomic mass is 32.1. The van der Waals surface area contributed by atoms with Gasteiger partial charge in [-0.25, -0.2) is 9.97 Å². The van der Waals surface area contributed by atoms with E-state index in [1.807, 2.05) is 38.1 Å². The number of piperazine rings is 1. The van der Waals surface area contributed by atoms with Crippen LogP contribution in [0.15, 0.2) is 41.1 Å². The van der Waals surface area contributed by atoms with Gasteiger partial charge in [0.2, 0.25) is 5.91 Å². The van der Waals surface area contributed by atoms with Gasteiger partial charge in [-0.15, -0.1) is 0 Å². The van der Waals surface area contributed by atoms with Crippen molar-refractivity contribution in [1.29, 1.82) is 0 Å². The van der Waals surface area contributed by atoms with Gasteiger partial charge < -0.3 is 11.1 Å². The molecule has 1 saturated heterocycles. The third-order valence-electron chi connectivity index (χ3n) is 5.73. The maximum atomic E-state index is 11.9. The molecular formula is C23H30N6OS. The fourth-order valence-electron chi connectivity index (χ4n) is 3.97. The van der Waals surface area contributed by atoms with Crippen molar-refractivity contribution in [2.75, 3.05) is 31.5 Å². The largest absolute Gasteiger partial charge is 0.368 e. The third kappa shape index (κ3) is 5.39. The minimum atomic E-state index is -0.480. The van der Waals surface area contributed by atoms with Crippen LogP contribution in [0.4, 0.5) is 5.82 Å². The molecule has 1 fully saturated rings. The van der Waals surface area contributed by atoms with Crippen LogP contribution in [0.3, 0.4) is 0 Å². The van der Waals surface area contributed by atoms with Gasteiger partial charge in [0.1, 0.15) is 17.7 Å². The molecule has 0 saturated carbocycles. The molecule has 1 aliphatic rings. The number of fused-ring (bicyclic) bond motifs is 1. The quantitative estimate of drug-likeness (QED) is 0.562. The summed E-state index contributed by atoms with van der Waals surface area (Å²) in [6.45, 7) is 9.69. The van der Waals surface area contributed by atoms with Crippen molar-refractivity contribution in [3.8, 4) is 0 Å². The molecular weight excluding hydrogens is 408 g/mol. The molecule has 0 spiro atoms. The van der Waals surface area contributed by atoms with Crippen molar-refractivity contribution < 1.29 is 4.79 Å². The zero-order valence-corrected chi connectivity index (χ0v) is 18.9. The smallest absolute Gasteiger partial charge is 0.240 e. The zero-order valence-electron chi connectivity index (χ0n) is 18.1. The van der Waals surface area contributed by atoms with E-state index in [0.717, 1.165) is 49.5 Å². The van der Waals surface area contributed by atoms with Crippen LogP contribution in [-0.2, 0) is 17.9 Å². The van der Waals surface area contributed by atoms with Gasteiger partial charge in [-0.05, 0) is 40.4 Å². The van der Waals surface area contributed by atoms with E-state index in [2.05, 4.69) is 31.9 Å². The number of rotatable bonds is 8. The molecule has 2 aromatic heterocycles. The monoisotopic (exact) mass is 438 g/mol. The third-order valence-corrected chi connectivity index (χ3v) is 6.46. The Kier molecular flexibility index (Phi) is 6.80. The molecule has 31 heavy (non-hydrogen) atoms. The second-order valence-electron chi connectivity index (χ2n) is 8.46. The molecule has 0 radical (unpaired) electrons. The van der Waals surface area contributed by atoms with Crippen LogP contribution in [-0.4, -0.2) is 57.9 Å². The van der Waals surface area contributed by atoms with Crippen LogP contribution in [0.25, 0.3) is 10.9 Å². The van der Waals surface area contributed by atoms with Crippen LogP contribution in [0.2, 0.25) is 0 Å². The maximum absolute atomic E-state index is 11.9. The van der Waals surface area contributed by atoms with Gasteiger partial charge in [-0.3, -0.25) is 14.6 Å². The summed E-state index contributed by atoms with van der Waals surface area (Å²) >= 11 is 1.75. The van der Waals surface area contributed by atoms with Gasteiger partial charge in [-0.2, -0.15) is 11.3 Å². The second-order valence-corrected chi connectivity index (χ2v) is 9.24. The van der Waals surface area contributed by atoms with Crippen LogP contribution >= 0.6 is 11.3 Å². The molecule has 0 bridgehead atoms. The Labute approximate surface area is 187 Å². The maximum Gasteiger partial charge on any atom is 0.240 e. The molecule has 1 amide bonds. The van der Waals surface area contributed by atoms with E-state index in [1.54, 1.807) is 11.3 Å². The Morgan fingerprint density at radius 2 is 1.81 bits per heavy atom. The molecule has 8 heteroatoms. The molecule has 3 N–H and O–H groups in total. The highest BCUT2D eigenvalue weighted by Gasteiger charge is 2.22. The summed E-state index contributed by atoms with van der Waals surface area (Å²) in [5, 5.41) is 8.54. The standard InChI is InChI=1S/C23H30N6OS/c1-16(2)21(22(24)30)27-23-18-5-3-4-6-19(18)25-20(26-23)14-29-10-8-28(9-11-29)13-17-7-12-31-15-17/h3-7,12,15-16,21H,8-11,13-14H2,1-2H3,(H2,24,30)(H,25,26,27)/t21-/m0/s1. The Morgan fingerprint density at radius 3 is 2.45 bits per heavy atom. The van der Waals surface area contributed by atoms with Crippen molar-refractivity contribution in [2.24, 2.45) is 11.7 Å². The number of carbonyl (C=O) groups excluding carboxylic acids is 1. The lowest BCUT2D eigenvalue weighted by Crippen LogP contribution is -2.45. The predicted molar refractivity (Wildman–Crippen MR) is 126 cm³/mol. The van der Waals surface area contributed by atoms with Crippen molar-refractivity contribution in [3.63, 3.8) is 0 Å². The highest BCUT2D eigenvalue weighted by Crippen LogP contribution is 2.23. The van der Waals surface area contributed by atoms with Gasteiger partial charge >= 0.3 is 0 Å². The number of benzene rings is 1. The average molecular weight is 439 g/mol. The molecule has 3 heterocycles. The summed E-state index contributed by atoms with van der Waals surface area (Å²) < 4.78 is 0. The first-order valence-electron chi connectivity index (χ1n) is 10.8. The first-order valence-corrected chi connectivity index (χ1v) is 11.7. The normalized spacial score (nSPS) is 16.6. The molecule has 1 atom stereocenters. The Morgan fingerprint density at radius 1 is 1.10 bits per heavy atom. The zero-order chi connectivity index (χ0) is 21.8. The van der Waals surface area contributed by atoms with E-state index >= 15 is 0 Å². The van der Waals surface area contributed by atoms with Gasteiger partial charge in [0.25, 0.3) is 0 Å². The predicted octanol–water partition coefficient (Wildman–Crippen LogP) is 2.93. The van der Waals surface area contributed by atoms with Crippen LogP contribution in [0.5, 0.6) is 0 Å². The van der Waals surface area contributed by atoms with Gasteiger partial charge in [0.05, 0.1) is 12.1 Å². The topological polar surface area (TPSA) is 87.4 Å². The van der Waals surface area contributed by atoms with Crippen LogP contribution in [0, 0.1) is 5.92 Å². The Balaban J connectivity index is 1.47. The molecule has 0 unspecified atom stereocenters. The van der Waals surface area contributed by atoms with Crippen LogP contribution < -0.4 is 11.1 Å². The lowest BCUT2D eigenvalue weighted by Gasteiger charge is -2.34. The molecule has 7 nitrogen and oxygen atoms in total. The van der Waals surface area contributed by atoms with Crippen LogP contribution in [0.1, 0.15) is 25.2 Å². The van der Waals surface area contributed by atoms with Gasteiger partial charge in [-0.1, -0.05) is 26.0 Å². The molecule has 1 aliphatic heterocycles. The van der Waals surface area contributed by atoms with Crippen molar-refractivity contribution in [2.45, 2.75) is 33.0 Å². The van der Waals surface area contributed by atoms with E-state index in [9.17, 15) is 4.79 Å². The second kappa shape index (κ2) is 9.72. The van der Waals surface area contributed by atoms with E-state index in [-0.39, 0.29) is 11.8 Å². The molecule has 4 rings (SSSR count). The minimum absolute atomic E-state index is 0.0611. The summed E-state index contributed by atoms with van der Waals surface area (Å²) in [6.07, 6.45) is 0. The first-order chi connectivity index (χ1) is 15.0. The average Bonchev–Trinajstić information content (AvgIpc) is 3.26. The van der Waals surface area contributed by atoms with E-state index in [4.69, 9.17) is 15.7 Å². The number of hydrogen-bond donors (Lipinski definition) is 2. The number of primary amides is 1. The number of aromatic nitrogens is 2.